The van der Waals surface area contributed by atoms with E-state index in [9.17, 15) is 0 Å². The van der Waals surface area contributed by atoms with Crippen LogP contribution in [0.15, 0.2) is 18.2 Å². The van der Waals surface area contributed by atoms with Gasteiger partial charge < -0.3 is 4.74 Å². The van der Waals surface area contributed by atoms with Crippen LogP contribution in [0, 0.1) is 23.2 Å². The standard InChI is InChI=1S/C11H7NO/c12-5-1-2-9-3-4-10-7-13-8-11(10)6-9/h3-4,6H,7-8H2. The molecular formula is C11H7NO. The topological polar surface area (TPSA) is 33.0 Å². The number of rotatable bonds is 0. The van der Waals surface area contributed by atoms with Gasteiger partial charge in [0, 0.05) is 11.5 Å². The molecule has 2 rings (SSSR count). The van der Waals surface area contributed by atoms with E-state index in [1.165, 1.54) is 11.1 Å². The van der Waals surface area contributed by atoms with E-state index in [0.29, 0.717) is 13.2 Å². The number of nitriles is 1. The van der Waals surface area contributed by atoms with Crippen LogP contribution in [0.3, 0.4) is 0 Å². The molecule has 0 amide bonds. The van der Waals surface area contributed by atoms with Crippen molar-refractivity contribution in [2.75, 3.05) is 0 Å². The first-order valence-electron chi connectivity index (χ1n) is 4.00. The second-order valence-corrected chi connectivity index (χ2v) is 2.84. The number of nitrogens with zero attached hydrogens (tertiary/aromatic N) is 1. The van der Waals surface area contributed by atoms with Crippen molar-refractivity contribution in [3.63, 3.8) is 0 Å². The maximum absolute atomic E-state index is 8.27. The largest absolute Gasteiger partial charge is 0.372 e. The monoisotopic (exact) mass is 169 g/mol. The molecule has 1 aromatic rings. The fourth-order valence-corrected chi connectivity index (χ4v) is 1.35. The third-order valence-corrected chi connectivity index (χ3v) is 1.98. The van der Waals surface area contributed by atoms with Gasteiger partial charge in [0.05, 0.1) is 13.2 Å². The van der Waals surface area contributed by atoms with Gasteiger partial charge in [-0.2, -0.15) is 5.26 Å². The first kappa shape index (κ1) is 7.86. The van der Waals surface area contributed by atoms with Crippen molar-refractivity contribution in [2.24, 2.45) is 0 Å². The SMILES string of the molecule is N#CC#Cc1ccc2c(c1)COC2. The minimum absolute atomic E-state index is 0.664. The highest BCUT2D eigenvalue weighted by Crippen LogP contribution is 2.20. The highest BCUT2D eigenvalue weighted by molar-refractivity contribution is 5.43. The van der Waals surface area contributed by atoms with Crippen molar-refractivity contribution in [3.8, 4) is 17.9 Å². The number of ether oxygens (including phenoxy) is 1. The summed E-state index contributed by atoms with van der Waals surface area (Å²) in [6.45, 7) is 1.36. The van der Waals surface area contributed by atoms with Gasteiger partial charge in [0.25, 0.3) is 0 Å². The molecule has 1 aliphatic rings. The van der Waals surface area contributed by atoms with Crippen LogP contribution >= 0.6 is 0 Å². The van der Waals surface area contributed by atoms with Gasteiger partial charge in [-0.25, -0.2) is 0 Å². The zero-order valence-electron chi connectivity index (χ0n) is 7.00. The Kier molecular flexibility index (Phi) is 2.00. The van der Waals surface area contributed by atoms with Crippen LogP contribution in [0.1, 0.15) is 16.7 Å². The molecule has 0 bridgehead atoms. The van der Waals surface area contributed by atoms with Crippen LogP contribution in [0.4, 0.5) is 0 Å². The normalized spacial score (nSPS) is 12.5. The van der Waals surface area contributed by atoms with Crippen molar-refractivity contribution < 1.29 is 4.74 Å². The molecule has 0 aliphatic carbocycles. The van der Waals surface area contributed by atoms with Crippen molar-refractivity contribution in [1.82, 2.24) is 0 Å². The van der Waals surface area contributed by atoms with Crippen LogP contribution < -0.4 is 0 Å². The molecule has 0 aromatic heterocycles. The lowest BCUT2D eigenvalue weighted by Crippen LogP contribution is -1.83. The summed E-state index contributed by atoms with van der Waals surface area (Å²) >= 11 is 0. The molecule has 0 radical (unpaired) electrons. The zero-order valence-corrected chi connectivity index (χ0v) is 7.00. The van der Waals surface area contributed by atoms with E-state index in [1.54, 1.807) is 6.07 Å². The lowest BCUT2D eigenvalue weighted by molar-refractivity contribution is 0.134. The first-order valence-corrected chi connectivity index (χ1v) is 4.00. The second-order valence-electron chi connectivity index (χ2n) is 2.84. The quantitative estimate of drug-likeness (QED) is 0.552. The fraction of sp³-hybridized carbons (Fsp3) is 0.182. The Morgan fingerprint density at radius 1 is 1.23 bits per heavy atom. The van der Waals surface area contributed by atoms with Crippen molar-refractivity contribution in [3.05, 3.63) is 34.9 Å². The van der Waals surface area contributed by atoms with E-state index in [2.05, 4.69) is 11.8 Å². The summed E-state index contributed by atoms with van der Waals surface area (Å²) in [4.78, 5) is 0. The van der Waals surface area contributed by atoms with Gasteiger partial charge in [-0.05, 0) is 23.3 Å². The molecule has 1 aromatic carbocycles. The van der Waals surface area contributed by atoms with Crippen LogP contribution in [-0.2, 0) is 18.0 Å². The van der Waals surface area contributed by atoms with Crippen molar-refractivity contribution in [1.29, 1.82) is 5.26 Å². The summed E-state index contributed by atoms with van der Waals surface area (Å²) in [7, 11) is 0. The van der Waals surface area contributed by atoms with E-state index in [1.807, 2.05) is 18.2 Å². The van der Waals surface area contributed by atoms with E-state index in [0.717, 1.165) is 5.56 Å². The Morgan fingerprint density at radius 2 is 2.08 bits per heavy atom. The smallest absolute Gasteiger partial charge is 0.152 e. The maximum Gasteiger partial charge on any atom is 0.152 e. The lowest BCUT2D eigenvalue weighted by Gasteiger charge is -1.95. The molecule has 2 nitrogen and oxygen atoms in total. The van der Waals surface area contributed by atoms with Gasteiger partial charge in [-0.3, -0.25) is 0 Å². The summed E-state index contributed by atoms with van der Waals surface area (Å²) in [5.41, 5.74) is 3.29. The first-order chi connectivity index (χ1) is 6.40. The van der Waals surface area contributed by atoms with Crippen LogP contribution in [0.2, 0.25) is 0 Å². The minimum Gasteiger partial charge on any atom is -0.372 e. The number of hydrogen-bond acceptors (Lipinski definition) is 2. The van der Waals surface area contributed by atoms with Gasteiger partial charge in [0.15, 0.2) is 6.07 Å². The van der Waals surface area contributed by atoms with E-state index in [4.69, 9.17) is 10.00 Å². The molecule has 0 spiro atoms. The molecule has 0 saturated carbocycles. The Bertz CT molecular complexity index is 432. The van der Waals surface area contributed by atoms with E-state index in [-0.39, 0.29) is 0 Å². The third-order valence-electron chi connectivity index (χ3n) is 1.98. The van der Waals surface area contributed by atoms with Gasteiger partial charge >= 0.3 is 0 Å². The van der Waals surface area contributed by atoms with Gasteiger partial charge in [0.2, 0.25) is 0 Å². The van der Waals surface area contributed by atoms with Crippen molar-refractivity contribution in [2.45, 2.75) is 13.2 Å². The number of hydrogen-bond donors (Lipinski definition) is 0. The van der Waals surface area contributed by atoms with Gasteiger partial charge in [-0.15, -0.1) is 0 Å². The van der Waals surface area contributed by atoms with Gasteiger partial charge in [0.1, 0.15) is 0 Å². The van der Waals surface area contributed by atoms with E-state index < -0.39 is 0 Å². The summed E-state index contributed by atoms with van der Waals surface area (Å²) in [5.74, 6) is 5.13. The molecule has 62 valence electrons. The molecule has 1 heterocycles. The molecule has 2 heteroatoms. The van der Waals surface area contributed by atoms with Crippen LogP contribution in [0.25, 0.3) is 0 Å². The summed E-state index contributed by atoms with van der Waals surface area (Å²) in [6.07, 6.45) is 0. The zero-order chi connectivity index (χ0) is 9.10. The average Bonchev–Trinajstić information content (AvgIpc) is 2.61. The van der Waals surface area contributed by atoms with Crippen molar-refractivity contribution >= 4 is 0 Å². The molecule has 13 heavy (non-hydrogen) atoms. The number of benzene rings is 1. The fourth-order valence-electron chi connectivity index (χ4n) is 1.35. The molecule has 0 fully saturated rings. The summed E-state index contributed by atoms with van der Waals surface area (Å²) in [6, 6.07) is 7.69. The molecule has 0 unspecified atom stereocenters. The highest BCUT2D eigenvalue weighted by Gasteiger charge is 2.09. The summed E-state index contributed by atoms with van der Waals surface area (Å²) in [5, 5.41) is 8.27. The molecular weight excluding hydrogens is 162 g/mol. The summed E-state index contributed by atoms with van der Waals surface area (Å²) < 4.78 is 5.26. The predicted octanol–water partition coefficient (Wildman–Crippen LogP) is 1.59. The second kappa shape index (κ2) is 3.31. The number of fused-ring (bicyclic) bond motifs is 1. The molecule has 0 saturated heterocycles. The maximum atomic E-state index is 8.27. The van der Waals surface area contributed by atoms with Crippen LogP contribution in [-0.4, -0.2) is 0 Å². The Balaban J connectivity index is 2.37. The Hall–Kier alpha value is -1.77. The average molecular weight is 169 g/mol. The molecule has 0 atom stereocenters. The third kappa shape index (κ3) is 1.54. The predicted molar refractivity (Wildman–Crippen MR) is 47.4 cm³/mol. The molecule has 1 aliphatic heterocycles. The van der Waals surface area contributed by atoms with Gasteiger partial charge in [-0.1, -0.05) is 12.0 Å². The lowest BCUT2D eigenvalue weighted by atomic mass is 10.1. The minimum atomic E-state index is 0.664. The Morgan fingerprint density at radius 3 is 2.92 bits per heavy atom. The van der Waals surface area contributed by atoms with E-state index >= 15 is 0 Å². The van der Waals surface area contributed by atoms with Crippen LogP contribution in [0.5, 0.6) is 0 Å². The highest BCUT2D eigenvalue weighted by atomic mass is 16.5. The molecule has 0 N–H and O–H groups in total. The Labute approximate surface area is 76.8 Å².